The first kappa shape index (κ1) is 14.3. The molecule has 1 aliphatic heterocycles. The van der Waals surface area contributed by atoms with Crippen LogP contribution in [0, 0.1) is 17.8 Å². The largest absolute Gasteiger partial charge is 0.393 e. The number of aliphatic hydroxyl groups excluding tert-OH is 1. The van der Waals surface area contributed by atoms with Crippen molar-refractivity contribution in [1.29, 1.82) is 0 Å². The van der Waals surface area contributed by atoms with Crippen LogP contribution in [0.5, 0.6) is 0 Å². The first-order chi connectivity index (χ1) is 8.61. The van der Waals surface area contributed by atoms with Crippen molar-refractivity contribution in [3.63, 3.8) is 0 Å². The van der Waals surface area contributed by atoms with Gasteiger partial charge in [0.1, 0.15) is 0 Å². The van der Waals surface area contributed by atoms with E-state index in [9.17, 15) is 5.11 Å². The monoisotopic (exact) mass is 253 g/mol. The van der Waals surface area contributed by atoms with Crippen LogP contribution in [0.15, 0.2) is 0 Å². The van der Waals surface area contributed by atoms with Crippen molar-refractivity contribution in [3.8, 4) is 0 Å². The van der Waals surface area contributed by atoms with E-state index in [-0.39, 0.29) is 6.10 Å². The van der Waals surface area contributed by atoms with Gasteiger partial charge in [-0.3, -0.25) is 0 Å². The zero-order valence-corrected chi connectivity index (χ0v) is 12.4. The Kier molecular flexibility index (Phi) is 5.08. The second-order valence-corrected chi connectivity index (χ2v) is 6.84. The third-order valence-electron chi connectivity index (χ3n) is 5.37. The molecule has 2 heteroatoms. The van der Waals surface area contributed by atoms with E-state index in [1.807, 2.05) is 0 Å². The topological polar surface area (TPSA) is 23.5 Å². The normalized spacial score (nSPS) is 38.5. The van der Waals surface area contributed by atoms with E-state index in [4.69, 9.17) is 0 Å². The second kappa shape index (κ2) is 6.38. The average molecular weight is 253 g/mol. The summed E-state index contributed by atoms with van der Waals surface area (Å²) in [5, 5.41) is 10.3. The number of hydrogen-bond acceptors (Lipinski definition) is 2. The lowest BCUT2D eigenvalue weighted by molar-refractivity contribution is 0.0162. The van der Waals surface area contributed by atoms with E-state index in [1.54, 1.807) is 0 Å². The zero-order valence-electron chi connectivity index (χ0n) is 12.4. The van der Waals surface area contributed by atoms with Gasteiger partial charge in [0.25, 0.3) is 0 Å². The molecule has 2 fully saturated rings. The molecule has 0 aromatic heterocycles. The summed E-state index contributed by atoms with van der Waals surface area (Å²) in [5.74, 6) is 2.14. The predicted octanol–water partition coefficient (Wildman–Crippen LogP) is 3.29. The number of rotatable bonds is 4. The van der Waals surface area contributed by atoms with Crippen LogP contribution in [0.2, 0.25) is 0 Å². The Hall–Kier alpha value is -0.0800. The van der Waals surface area contributed by atoms with Gasteiger partial charge < -0.3 is 10.0 Å². The van der Waals surface area contributed by atoms with Gasteiger partial charge in [0.05, 0.1) is 6.10 Å². The molecule has 4 atom stereocenters. The van der Waals surface area contributed by atoms with Crippen molar-refractivity contribution in [2.75, 3.05) is 13.1 Å². The van der Waals surface area contributed by atoms with Crippen molar-refractivity contribution < 1.29 is 5.11 Å². The van der Waals surface area contributed by atoms with Gasteiger partial charge in [0, 0.05) is 12.6 Å². The molecule has 106 valence electrons. The second-order valence-electron chi connectivity index (χ2n) is 6.84. The molecule has 0 aromatic rings. The summed E-state index contributed by atoms with van der Waals surface area (Å²) in [5.41, 5.74) is 0. The Balaban J connectivity index is 1.90. The number of nitrogens with zero attached hydrogens (tertiary/aromatic N) is 1. The average Bonchev–Trinajstić information content (AvgIpc) is 2.79. The van der Waals surface area contributed by atoms with E-state index in [0.717, 1.165) is 30.8 Å². The summed E-state index contributed by atoms with van der Waals surface area (Å²) in [4.78, 5) is 2.65. The van der Waals surface area contributed by atoms with Crippen LogP contribution in [-0.4, -0.2) is 35.2 Å². The van der Waals surface area contributed by atoms with Gasteiger partial charge in [-0.25, -0.2) is 0 Å². The maximum absolute atomic E-state index is 10.3. The molecule has 18 heavy (non-hydrogen) atoms. The molecule has 1 saturated carbocycles. The maximum Gasteiger partial charge on any atom is 0.0580 e. The Labute approximate surface area is 113 Å². The quantitative estimate of drug-likeness (QED) is 0.831. The Morgan fingerprint density at radius 2 is 2.00 bits per heavy atom. The predicted molar refractivity (Wildman–Crippen MR) is 76.6 cm³/mol. The molecule has 1 saturated heterocycles. The molecule has 2 rings (SSSR count). The SMILES string of the molecule is CCC1CCCN1CC1CC(C(C)C)CCC1O. The summed E-state index contributed by atoms with van der Waals surface area (Å²) in [6.45, 7) is 9.38. The lowest BCUT2D eigenvalue weighted by Crippen LogP contribution is -2.41. The van der Waals surface area contributed by atoms with Crippen LogP contribution in [0.3, 0.4) is 0 Å². The smallest absolute Gasteiger partial charge is 0.0580 e. The van der Waals surface area contributed by atoms with Crippen LogP contribution in [-0.2, 0) is 0 Å². The molecular weight excluding hydrogens is 222 g/mol. The van der Waals surface area contributed by atoms with Crippen molar-refractivity contribution in [3.05, 3.63) is 0 Å². The number of hydrogen-bond donors (Lipinski definition) is 1. The molecule has 2 nitrogen and oxygen atoms in total. The van der Waals surface area contributed by atoms with E-state index >= 15 is 0 Å². The highest BCUT2D eigenvalue weighted by Gasteiger charge is 2.34. The first-order valence-electron chi connectivity index (χ1n) is 8.04. The van der Waals surface area contributed by atoms with Gasteiger partial charge in [0.2, 0.25) is 0 Å². The highest BCUT2D eigenvalue weighted by molar-refractivity contribution is 4.86. The van der Waals surface area contributed by atoms with Gasteiger partial charge in [0.15, 0.2) is 0 Å². The lowest BCUT2D eigenvalue weighted by atomic mass is 9.74. The summed E-state index contributed by atoms with van der Waals surface area (Å²) in [6.07, 6.45) is 7.45. The van der Waals surface area contributed by atoms with Crippen LogP contribution >= 0.6 is 0 Å². The molecular formula is C16H31NO. The molecule has 4 unspecified atom stereocenters. The fourth-order valence-corrected chi connectivity index (χ4v) is 3.99. The molecule has 0 amide bonds. The Morgan fingerprint density at radius 3 is 2.67 bits per heavy atom. The Bertz CT molecular complexity index is 253. The fourth-order valence-electron chi connectivity index (χ4n) is 3.99. The van der Waals surface area contributed by atoms with E-state index in [0.29, 0.717) is 5.92 Å². The number of aliphatic hydroxyl groups is 1. The van der Waals surface area contributed by atoms with Gasteiger partial charge in [-0.2, -0.15) is 0 Å². The summed E-state index contributed by atoms with van der Waals surface area (Å²) < 4.78 is 0. The van der Waals surface area contributed by atoms with Crippen molar-refractivity contribution >= 4 is 0 Å². The molecule has 0 bridgehead atoms. The molecule has 1 N–H and O–H groups in total. The lowest BCUT2D eigenvalue weighted by Gasteiger charge is -2.38. The molecule has 0 radical (unpaired) electrons. The minimum atomic E-state index is -0.0434. The molecule has 2 aliphatic rings. The van der Waals surface area contributed by atoms with Gasteiger partial charge in [-0.15, -0.1) is 0 Å². The third kappa shape index (κ3) is 3.27. The highest BCUT2D eigenvalue weighted by Crippen LogP contribution is 2.35. The highest BCUT2D eigenvalue weighted by atomic mass is 16.3. The zero-order chi connectivity index (χ0) is 13.1. The minimum Gasteiger partial charge on any atom is -0.393 e. The minimum absolute atomic E-state index is 0.0434. The summed E-state index contributed by atoms with van der Waals surface area (Å²) in [6, 6.07) is 0.789. The summed E-state index contributed by atoms with van der Waals surface area (Å²) in [7, 11) is 0. The summed E-state index contributed by atoms with van der Waals surface area (Å²) >= 11 is 0. The van der Waals surface area contributed by atoms with Crippen LogP contribution in [0.4, 0.5) is 0 Å². The standard InChI is InChI=1S/C16H31NO/c1-4-15-6-5-9-17(15)11-14-10-13(12(2)3)7-8-16(14)18/h12-16,18H,4-11H2,1-3H3. The van der Waals surface area contributed by atoms with Gasteiger partial charge in [-0.05, 0) is 62.8 Å². The third-order valence-corrected chi connectivity index (χ3v) is 5.37. The van der Waals surface area contributed by atoms with E-state index in [2.05, 4.69) is 25.7 Å². The van der Waals surface area contributed by atoms with Crippen molar-refractivity contribution in [1.82, 2.24) is 4.90 Å². The first-order valence-corrected chi connectivity index (χ1v) is 8.04. The van der Waals surface area contributed by atoms with Crippen molar-refractivity contribution in [2.45, 2.75) is 71.4 Å². The number of likely N-dealkylation sites (tertiary alicyclic amines) is 1. The maximum atomic E-state index is 10.3. The van der Waals surface area contributed by atoms with Gasteiger partial charge in [-0.1, -0.05) is 20.8 Å². The van der Waals surface area contributed by atoms with Crippen LogP contribution in [0.25, 0.3) is 0 Å². The molecule has 0 spiro atoms. The van der Waals surface area contributed by atoms with E-state index in [1.165, 1.54) is 38.6 Å². The molecule has 0 aromatic carbocycles. The van der Waals surface area contributed by atoms with Crippen LogP contribution in [0.1, 0.15) is 59.3 Å². The molecule has 1 heterocycles. The van der Waals surface area contributed by atoms with Crippen molar-refractivity contribution in [2.24, 2.45) is 17.8 Å². The Morgan fingerprint density at radius 1 is 1.22 bits per heavy atom. The van der Waals surface area contributed by atoms with E-state index < -0.39 is 0 Å². The fraction of sp³-hybridized carbons (Fsp3) is 1.00. The van der Waals surface area contributed by atoms with Gasteiger partial charge >= 0.3 is 0 Å². The molecule has 1 aliphatic carbocycles. The van der Waals surface area contributed by atoms with Crippen LogP contribution < -0.4 is 0 Å².